The van der Waals surface area contributed by atoms with E-state index in [-0.39, 0.29) is 29.6 Å². The summed E-state index contributed by atoms with van der Waals surface area (Å²) in [5.74, 6) is 0. The average molecular weight is 124 g/mol. The van der Waals surface area contributed by atoms with Crippen molar-refractivity contribution in [3.63, 3.8) is 0 Å². The quantitative estimate of drug-likeness (QED) is 0.330. The van der Waals surface area contributed by atoms with E-state index < -0.39 is 6.16 Å². The van der Waals surface area contributed by atoms with E-state index in [1.165, 1.54) is 0 Å². The molecule has 0 radical (unpaired) electrons. The topological polar surface area (TPSA) is 77.4 Å². The summed E-state index contributed by atoms with van der Waals surface area (Å²) in [7, 11) is 0. The third-order valence-corrected chi connectivity index (χ3v) is 0. The van der Waals surface area contributed by atoms with Crippen LogP contribution in [0.5, 0.6) is 0 Å². The van der Waals surface area contributed by atoms with Crippen LogP contribution in [0.15, 0.2) is 0 Å². The van der Waals surface area contributed by atoms with Crippen LogP contribution >= 0.6 is 0 Å². The van der Waals surface area contributed by atoms with Gasteiger partial charge in [-0.25, -0.2) is 0 Å². The fourth-order valence-corrected chi connectivity index (χ4v) is 0. The first kappa shape index (κ1) is 15.7. The van der Waals surface area contributed by atoms with Gasteiger partial charge in [-0.15, -0.1) is 0 Å². The fraction of sp³-hybridized carbons (Fsp3) is 0. The Bertz CT molecular complexity index is 43.0. The summed E-state index contributed by atoms with van der Waals surface area (Å²) in [5.41, 5.74) is 0. The van der Waals surface area contributed by atoms with E-state index in [9.17, 15) is 0 Å². The first-order valence-corrected chi connectivity index (χ1v) is 1.50. The van der Waals surface area contributed by atoms with Gasteiger partial charge in [0, 0.05) is 0 Å². The van der Waals surface area contributed by atoms with Crippen LogP contribution in [-0.2, 0) is 3.17 Å². The molecule has 0 saturated heterocycles. The molecule has 32 valence electrons. The summed E-state index contributed by atoms with van der Waals surface area (Å²) in [5, 5.41) is 15.3. The van der Waals surface area contributed by atoms with Gasteiger partial charge >= 0.3 is 54.4 Å². The normalized spacial score (nSPS) is 4.29. The maximum absolute atomic E-state index is 8.44. The number of carboxylic acid groups (broad SMARTS) is 2. The SMILES string of the molecule is O=C([O-])O.[Na+].[O]=[Mg]. The molecular formula is CHMgNaO4. The van der Waals surface area contributed by atoms with Crippen LogP contribution in [0.3, 0.4) is 0 Å². The van der Waals surface area contributed by atoms with Gasteiger partial charge in [0.15, 0.2) is 0 Å². The van der Waals surface area contributed by atoms with Gasteiger partial charge in [0.2, 0.25) is 6.16 Å². The van der Waals surface area contributed by atoms with Crippen LogP contribution in [0.1, 0.15) is 0 Å². The van der Waals surface area contributed by atoms with Gasteiger partial charge in [0.1, 0.15) is 0 Å². The van der Waals surface area contributed by atoms with Crippen molar-refractivity contribution in [2.75, 3.05) is 0 Å². The van der Waals surface area contributed by atoms with Gasteiger partial charge in [0.25, 0.3) is 0 Å². The first-order valence-electron chi connectivity index (χ1n) is 0.921. The molecular weight excluding hydrogens is 123 g/mol. The van der Waals surface area contributed by atoms with Crippen LogP contribution < -0.4 is 34.7 Å². The fourth-order valence-electron chi connectivity index (χ4n) is 0. The molecule has 0 aliphatic carbocycles. The van der Waals surface area contributed by atoms with Crippen molar-refractivity contribution in [2.45, 2.75) is 0 Å². The number of hydrogen-bond donors (Lipinski definition) is 1. The van der Waals surface area contributed by atoms with E-state index in [4.69, 9.17) is 18.2 Å². The van der Waals surface area contributed by atoms with Gasteiger partial charge < -0.3 is 15.0 Å². The molecule has 0 aliphatic rings. The van der Waals surface area contributed by atoms with Crippen LogP contribution in [0.2, 0.25) is 0 Å². The van der Waals surface area contributed by atoms with Gasteiger partial charge in [0.05, 0.1) is 0 Å². The third-order valence-electron chi connectivity index (χ3n) is 0. The Kier molecular flexibility index (Phi) is 35.4. The van der Waals surface area contributed by atoms with Crippen LogP contribution in [0, 0.1) is 0 Å². The molecule has 6 heteroatoms. The van der Waals surface area contributed by atoms with Crippen LogP contribution in [0.4, 0.5) is 4.79 Å². The molecule has 0 aromatic rings. The van der Waals surface area contributed by atoms with Gasteiger partial charge in [-0.2, -0.15) is 0 Å². The summed E-state index contributed by atoms with van der Waals surface area (Å²) in [4.78, 5) is 8.44. The van der Waals surface area contributed by atoms with Crippen molar-refractivity contribution >= 4 is 27.8 Å². The monoisotopic (exact) mass is 124 g/mol. The van der Waals surface area contributed by atoms with E-state index in [2.05, 4.69) is 0 Å². The molecule has 0 aromatic heterocycles. The number of hydrogen-bond acceptors (Lipinski definition) is 3. The Balaban J connectivity index is -0.0000000480. The molecule has 0 heterocycles. The van der Waals surface area contributed by atoms with E-state index >= 15 is 0 Å². The minimum absolute atomic E-state index is 0. The van der Waals surface area contributed by atoms with Gasteiger partial charge in [-0.3, -0.25) is 0 Å². The molecule has 7 heavy (non-hydrogen) atoms. The van der Waals surface area contributed by atoms with Crippen molar-refractivity contribution in [1.82, 2.24) is 0 Å². The molecule has 1 N–H and O–H groups in total. The van der Waals surface area contributed by atoms with Crippen molar-refractivity contribution in [3.8, 4) is 0 Å². The third kappa shape index (κ3) is 229. The molecule has 0 saturated carbocycles. The summed E-state index contributed by atoms with van der Waals surface area (Å²) in [6.45, 7) is 0. The molecule has 0 bridgehead atoms. The van der Waals surface area contributed by atoms with Crippen molar-refractivity contribution in [3.05, 3.63) is 0 Å². The summed E-state index contributed by atoms with van der Waals surface area (Å²) in [6, 6.07) is 0. The van der Waals surface area contributed by atoms with Crippen molar-refractivity contribution in [2.24, 2.45) is 0 Å². The van der Waals surface area contributed by atoms with Crippen LogP contribution in [-0.4, -0.2) is 33.0 Å². The Morgan fingerprint density at radius 2 is 1.57 bits per heavy atom. The molecule has 0 fully saturated rings. The second kappa shape index (κ2) is 15.8. The Morgan fingerprint density at radius 3 is 1.57 bits per heavy atom. The summed E-state index contributed by atoms with van der Waals surface area (Å²) >= 11 is 0.611. The molecule has 0 aromatic carbocycles. The predicted molar refractivity (Wildman–Crippen MR) is 14.5 cm³/mol. The second-order valence-electron chi connectivity index (χ2n) is 0.266. The molecule has 0 unspecified atom stereocenters. The molecule has 0 spiro atoms. The van der Waals surface area contributed by atoms with Gasteiger partial charge in [-0.1, -0.05) is 0 Å². The van der Waals surface area contributed by atoms with E-state index in [0.29, 0.717) is 21.7 Å². The molecule has 0 rings (SSSR count). The van der Waals surface area contributed by atoms with Gasteiger partial charge in [-0.05, 0) is 0 Å². The summed E-state index contributed by atoms with van der Waals surface area (Å²) < 4.78 is 8.28. The zero-order valence-electron chi connectivity index (χ0n) is 3.88. The van der Waals surface area contributed by atoms with E-state index in [1.807, 2.05) is 0 Å². The van der Waals surface area contributed by atoms with Crippen molar-refractivity contribution < 1.29 is 47.7 Å². The van der Waals surface area contributed by atoms with E-state index in [0.717, 1.165) is 0 Å². The van der Waals surface area contributed by atoms with E-state index in [1.54, 1.807) is 0 Å². The maximum atomic E-state index is 8.44. The molecule has 0 aliphatic heterocycles. The first-order chi connectivity index (χ1) is 2.73. The average Bonchev–Trinajstić information content (AvgIpc) is 1.41. The zero-order chi connectivity index (χ0) is 5.58. The number of rotatable bonds is 0. The summed E-state index contributed by atoms with van der Waals surface area (Å²) in [6.07, 6.45) is -2.08. The molecule has 4 nitrogen and oxygen atoms in total. The Hall–Kier alpha value is 0.836. The van der Waals surface area contributed by atoms with Crippen molar-refractivity contribution in [1.29, 1.82) is 0 Å². The Labute approximate surface area is 75.0 Å². The minimum atomic E-state index is -2.08. The molecule has 0 amide bonds. The molecule has 0 atom stereocenters. The Morgan fingerprint density at radius 1 is 1.57 bits per heavy atom. The number of carbonyl (C=O) groups is 1. The van der Waals surface area contributed by atoms with Crippen LogP contribution in [0.25, 0.3) is 0 Å². The zero-order valence-corrected chi connectivity index (χ0v) is 7.29. The standard InChI is InChI=1S/CH2O3.Mg.Na.O/c2-1(3)4;;;/h(H2,2,3,4);;;/q;;+1;/p-1. The predicted octanol–water partition coefficient (Wildman–Crippen LogP) is -4.61. The second-order valence-corrected chi connectivity index (χ2v) is 0.266.